The van der Waals surface area contributed by atoms with Crippen molar-refractivity contribution in [2.24, 2.45) is 13.0 Å². The van der Waals surface area contributed by atoms with E-state index in [2.05, 4.69) is 27.0 Å². The molecule has 138 valence electrons. The molecule has 0 N–H and O–H groups in total. The summed E-state index contributed by atoms with van der Waals surface area (Å²) in [5.41, 5.74) is 0. The molecule has 2 fully saturated rings. The first kappa shape index (κ1) is 17.5. The summed E-state index contributed by atoms with van der Waals surface area (Å²) in [5.74, 6) is 1.15. The number of nitrogens with zero attached hydrogens (tertiary/aromatic N) is 6. The fourth-order valence-electron chi connectivity index (χ4n) is 3.26. The molecule has 1 aliphatic carbocycles. The predicted molar refractivity (Wildman–Crippen MR) is 97.8 cm³/mol. The topological polar surface area (TPSA) is 84.2 Å². The summed E-state index contributed by atoms with van der Waals surface area (Å²) in [7, 11) is 1.75. The van der Waals surface area contributed by atoms with Crippen LogP contribution in [0.15, 0.2) is 22.7 Å². The van der Waals surface area contributed by atoms with Crippen LogP contribution in [0.4, 0.5) is 0 Å². The number of aryl methyl sites for hydroxylation is 1. The highest BCUT2D eigenvalue weighted by Gasteiger charge is 2.46. The van der Waals surface area contributed by atoms with E-state index in [0.29, 0.717) is 43.0 Å². The van der Waals surface area contributed by atoms with Crippen LogP contribution in [0.25, 0.3) is 0 Å². The van der Waals surface area contributed by atoms with Crippen LogP contribution in [0.1, 0.15) is 17.2 Å². The zero-order valence-electron chi connectivity index (χ0n) is 14.4. The lowest BCUT2D eigenvalue weighted by Gasteiger charge is -2.35. The molecule has 1 saturated heterocycles. The van der Waals surface area contributed by atoms with Gasteiger partial charge in [0.15, 0.2) is 0 Å². The Morgan fingerprint density at radius 2 is 2.04 bits per heavy atom. The maximum absolute atomic E-state index is 12.7. The highest BCUT2D eigenvalue weighted by molar-refractivity contribution is 7.99. The molecule has 4 rings (SSSR count). The molecule has 1 saturated carbocycles. The summed E-state index contributed by atoms with van der Waals surface area (Å²) >= 11 is 3.06. The standard InChI is InChI=1S/C16H20N6O2S2/c1-20-16(17-18-19-20)26-10-14(23)21-4-6-22(7-5-21)15(24)12-9-11(12)13-3-2-8-25-13/h2-3,8,11-12H,4-7,9-10H2,1H3. The molecule has 2 aliphatic rings. The Morgan fingerprint density at radius 3 is 2.69 bits per heavy atom. The summed E-state index contributed by atoms with van der Waals surface area (Å²) in [6, 6.07) is 4.16. The number of rotatable bonds is 5. The number of piperazine rings is 1. The van der Waals surface area contributed by atoms with Crippen molar-refractivity contribution in [2.75, 3.05) is 31.9 Å². The number of thioether (sulfide) groups is 1. The van der Waals surface area contributed by atoms with Gasteiger partial charge in [-0.1, -0.05) is 17.8 Å². The van der Waals surface area contributed by atoms with E-state index in [0.717, 1.165) is 6.42 Å². The Hall–Kier alpha value is -1.94. The van der Waals surface area contributed by atoms with Crippen LogP contribution in [-0.4, -0.2) is 73.8 Å². The van der Waals surface area contributed by atoms with Crippen LogP contribution in [0.5, 0.6) is 0 Å². The first-order valence-corrected chi connectivity index (χ1v) is 10.4. The molecule has 3 heterocycles. The number of tetrazole rings is 1. The molecule has 2 unspecified atom stereocenters. The third kappa shape index (κ3) is 3.61. The van der Waals surface area contributed by atoms with Gasteiger partial charge in [0.05, 0.1) is 5.75 Å². The quantitative estimate of drug-likeness (QED) is 0.701. The zero-order chi connectivity index (χ0) is 18.1. The van der Waals surface area contributed by atoms with E-state index < -0.39 is 0 Å². The molecule has 2 atom stereocenters. The Kier molecular flexibility index (Phi) is 4.94. The molecular formula is C16H20N6O2S2. The van der Waals surface area contributed by atoms with Gasteiger partial charge in [-0.15, -0.1) is 16.4 Å². The summed E-state index contributed by atoms with van der Waals surface area (Å²) in [6.45, 7) is 2.43. The molecule has 0 aromatic carbocycles. The number of hydrogen-bond donors (Lipinski definition) is 0. The summed E-state index contributed by atoms with van der Waals surface area (Å²) in [4.78, 5) is 30.1. The fourth-order valence-corrected chi connectivity index (χ4v) is 4.92. The first-order chi connectivity index (χ1) is 12.6. The minimum atomic E-state index is 0.0629. The van der Waals surface area contributed by atoms with Gasteiger partial charge >= 0.3 is 0 Å². The van der Waals surface area contributed by atoms with Crippen LogP contribution in [0.2, 0.25) is 0 Å². The van der Waals surface area contributed by atoms with E-state index >= 15 is 0 Å². The van der Waals surface area contributed by atoms with Crippen molar-refractivity contribution in [2.45, 2.75) is 17.5 Å². The highest BCUT2D eigenvalue weighted by atomic mass is 32.2. The number of thiophene rings is 1. The average Bonchev–Trinajstić information content (AvgIpc) is 3.06. The largest absolute Gasteiger partial charge is 0.339 e. The van der Waals surface area contributed by atoms with E-state index in [-0.39, 0.29) is 17.7 Å². The molecule has 0 bridgehead atoms. The lowest BCUT2D eigenvalue weighted by Crippen LogP contribution is -2.51. The fraction of sp³-hybridized carbons (Fsp3) is 0.562. The van der Waals surface area contributed by atoms with E-state index in [9.17, 15) is 9.59 Å². The summed E-state index contributed by atoms with van der Waals surface area (Å²) < 4.78 is 1.55. The summed E-state index contributed by atoms with van der Waals surface area (Å²) in [5, 5.41) is 13.9. The van der Waals surface area contributed by atoms with Gasteiger partial charge < -0.3 is 9.80 Å². The number of carbonyl (C=O) groups is 2. The third-order valence-corrected chi connectivity index (χ3v) is 6.87. The minimum Gasteiger partial charge on any atom is -0.339 e. The molecule has 0 radical (unpaired) electrons. The number of carbonyl (C=O) groups excluding carboxylic acids is 2. The second-order valence-corrected chi connectivity index (χ2v) is 8.47. The van der Waals surface area contributed by atoms with Gasteiger partial charge in [0.1, 0.15) is 0 Å². The number of aromatic nitrogens is 4. The van der Waals surface area contributed by atoms with Crippen LogP contribution in [0.3, 0.4) is 0 Å². The van der Waals surface area contributed by atoms with Crippen LogP contribution < -0.4 is 0 Å². The monoisotopic (exact) mass is 392 g/mol. The lowest BCUT2D eigenvalue weighted by atomic mass is 10.2. The number of hydrogen-bond acceptors (Lipinski definition) is 7. The Morgan fingerprint density at radius 1 is 1.27 bits per heavy atom. The van der Waals surface area contributed by atoms with Crippen molar-refractivity contribution in [3.8, 4) is 0 Å². The van der Waals surface area contributed by atoms with E-state index in [1.54, 1.807) is 23.1 Å². The van der Waals surface area contributed by atoms with Crippen LogP contribution in [0, 0.1) is 5.92 Å². The van der Waals surface area contributed by atoms with Crippen molar-refractivity contribution in [3.63, 3.8) is 0 Å². The molecule has 2 aromatic rings. The molecule has 2 amide bonds. The van der Waals surface area contributed by atoms with E-state index in [1.807, 2.05) is 15.9 Å². The van der Waals surface area contributed by atoms with Gasteiger partial charge in [-0.05, 0) is 28.3 Å². The molecular weight excluding hydrogens is 372 g/mol. The maximum atomic E-state index is 12.7. The second-order valence-electron chi connectivity index (χ2n) is 6.54. The number of amides is 2. The van der Waals surface area contributed by atoms with Gasteiger partial charge in [0, 0.05) is 49.9 Å². The maximum Gasteiger partial charge on any atom is 0.233 e. The van der Waals surface area contributed by atoms with Crippen molar-refractivity contribution < 1.29 is 9.59 Å². The predicted octanol–water partition coefficient (Wildman–Crippen LogP) is 0.838. The molecule has 2 aromatic heterocycles. The Bertz CT molecular complexity index is 785. The molecule has 0 spiro atoms. The minimum absolute atomic E-state index is 0.0629. The Balaban J connectivity index is 1.23. The van der Waals surface area contributed by atoms with E-state index in [4.69, 9.17) is 0 Å². The van der Waals surface area contributed by atoms with Gasteiger partial charge in [0.25, 0.3) is 0 Å². The summed E-state index contributed by atoms with van der Waals surface area (Å²) in [6.07, 6.45) is 0.959. The van der Waals surface area contributed by atoms with Crippen LogP contribution >= 0.6 is 23.1 Å². The van der Waals surface area contributed by atoms with Crippen molar-refractivity contribution in [3.05, 3.63) is 22.4 Å². The van der Waals surface area contributed by atoms with Crippen LogP contribution in [-0.2, 0) is 16.6 Å². The van der Waals surface area contributed by atoms with Gasteiger partial charge in [0.2, 0.25) is 17.0 Å². The van der Waals surface area contributed by atoms with E-state index in [1.165, 1.54) is 16.6 Å². The first-order valence-electron chi connectivity index (χ1n) is 8.58. The second kappa shape index (κ2) is 7.36. The van der Waals surface area contributed by atoms with Crippen molar-refractivity contribution in [1.29, 1.82) is 0 Å². The lowest BCUT2D eigenvalue weighted by molar-refractivity contribution is -0.139. The molecule has 1 aliphatic heterocycles. The van der Waals surface area contributed by atoms with Gasteiger partial charge in [-0.3, -0.25) is 9.59 Å². The molecule has 26 heavy (non-hydrogen) atoms. The highest BCUT2D eigenvalue weighted by Crippen LogP contribution is 2.50. The average molecular weight is 393 g/mol. The SMILES string of the molecule is Cn1nnnc1SCC(=O)N1CCN(C(=O)C2CC2c2cccs2)CC1. The normalized spacial score (nSPS) is 22.5. The van der Waals surface area contributed by atoms with Crippen molar-refractivity contribution >= 4 is 34.9 Å². The van der Waals surface area contributed by atoms with Crippen molar-refractivity contribution in [1.82, 2.24) is 30.0 Å². The van der Waals surface area contributed by atoms with Gasteiger partial charge in [-0.25, -0.2) is 4.68 Å². The van der Waals surface area contributed by atoms with Gasteiger partial charge in [-0.2, -0.15) is 0 Å². The third-order valence-electron chi connectivity index (χ3n) is 4.87. The molecule has 8 nitrogen and oxygen atoms in total. The zero-order valence-corrected chi connectivity index (χ0v) is 16.1. The Labute approximate surface area is 159 Å². The molecule has 10 heteroatoms. The smallest absolute Gasteiger partial charge is 0.233 e.